The fourth-order valence-electron chi connectivity index (χ4n) is 3.57. The lowest BCUT2D eigenvalue weighted by molar-refractivity contribution is 0.383. The average molecular weight is 302 g/mol. The van der Waals surface area contributed by atoms with Gasteiger partial charge in [-0.2, -0.15) is 4.31 Å². The van der Waals surface area contributed by atoms with Crippen molar-refractivity contribution in [2.75, 3.05) is 19.6 Å². The van der Waals surface area contributed by atoms with Crippen molar-refractivity contribution in [1.82, 2.24) is 9.62 Å². The molecule has 2 aromatic rings. The maximum atomic E-state index is 12.9. The van der Waals surface area contributed by atoms with Gasteiger partial charge in [0.15, 0.2) is 0 Å². The second-order valence-electron chi connectivity index (χ2n) is 5.90. The maximum absolute atomic E-state index is 12.9. The summed E-state index contributed by atoms with van der Waals surface area (Å²) in [5.41, 5.74) is 0. The van der Waals surface area contributed by atoms with Gasteiger partial charge in [-0.15, -0.1) is 0 Å². The van der Waals surface area contributed by atoms with Crippen LogP contribution in [0.25, 0.3) is 10.8 Å². The molecule has 2 fully saturated rings. The molecule has 4 nitrogen and oxygen atoms in total. The van der Waals surface area contributed by atoms with Crippen LogP contribution in [-0.4, -0.2) is 38.4 Å². The van der Waals surface area contributed by atoms with E-state index in [0.717, 1.165) is 30.3 Å². The molecule has 0 spiro atoms. The Hall–Kier alpha value is -1.43. The van der Waals surface area contributed by atoms with Crippen molar-refractivity contribution in [2.45, 2.75) is 17.4 Å². The van der Waals surface area contributed by atoms with Gasteiger partial charge >= 0.3 is 0 Å². The molecule has 0 bridgehead atoms. The van der Waals surface area contributed by atoms with E-state index in [1.807, 2.05) is 30.3 Å². The number of rotatable bonds is 2. The monoisotopic (exact) mass is 302 g/mol. The minimum atomic E-state index is -3.39. The van der Waals surface area contributed by atoms with E-state index in [1.54, 1.807) is 16.4 Å². The summed E-state index contributed by atoms with van der Waals surface area (Å²) in [7, 11) is -3.39. The normalized spacial score (nSPS) is 26.3. The predicted molar refractivity (Wildman–Crippen MR) is 82.6 cm³/mol. The van der Waals surface area contributed by atoms with Crippen molar-refractivity contribution >= 4 is 20.8 Å². The molecular weight excluding hydrogens is 284 g/mol. The Bertz CT molecular complexity index is 788. The highest BCUT2D eigenvalue weighted by atomic mass is 32.2. The Morgan fingerprint density at radius 3 is 2.71 bits per heavy atom. The number of hydrogen-bond donors (Lipinski definition) is 1. The largest absolute Gasteiger partial charge is 0.315 e. The third-order valence-corrected chi connectivity index (χ3v) is 6.64. The van der Waals surface area contributed by atoms with E-state index < -0.39 is 10.0 Å². The molecule has 0 aromatic heterocycles. The van der Waals surface area contributed by atoms with Crippen LogP contribution in [0, 0.1) is 5.92 Å². The molecule has 2 saturated heterocycles. The highest BCUT2D eigenvalue weighted by Crippen LogP contribution is 2.33. The number of nitrogens with one attached hydrogen (secondary N) is 1. The van der Waals surface area contributed by atoms with Gasteiger partial charge in [-0.25, -0.2) is 8.42 Å². The second kappa shape index (κ2) is 4.80. The van der Waals surface area contributed by atoms with Gasteiger partial charge in [-0.05, 0) is 41.8 Å². The zero-order chi connectivity index (χ0) is 14.4. The lowest BCUT2D eigenvalue weighted by atomic mass is 10.1. The summed E-state index contributed by atoms with van der Waals surface area (Å²) in [6.07, 6.45) is 0.963. The number of benzene rings is 2. The van der Waals surface area contributed by atoms with Crippen LogP contribution in [-0.2, 0) is 10.0 Å². The highest BCUT2D eigenvalue weighted by Gasteiger charge is 2.43. The Labute approximate surface area is 124 Å². The van der Waals surface area contributed by atoms with E-state index in [-0.39, 0.29) is 6.04 Å². The number of sulfonamides is 1. The number of hydrogen-bond acceptors (Lipinski definition) is 3. The van der Waals surface area contributed by atoms with Crippen LogP contribution in [0.15, 0.2) is 47.4 Å². The molecule has 1 N–H and O–H groups in total. The minimum absolute atomic E-state index is 0.126. The summed E-state index contributed by atoms with van der Waals surface area (Å²) < 4.78 is 27.5. The summed E-state index contributed by atoms with van der Waals surface area (Å²) >= 11 is 0. The number of fused-ring (bicyclic) bond motifs is 2. The highest BCUT2D eigenvalue weighted by molar-refractivity contribution is 7.89. The molecule has 2 aliphatic rings. The van der Waals surface area contributed by atoms with E-state index >= 15 is 0 Å². The summed E-state index contributed by atoms with van der Waals surface area (Å²) in [6.45, 7) is 2.36. The van der Waals surface area contributed by atoms with Gasteiger partial charge < -0.3 is 5.32 Å². The fourth-order valence-corrected chi connectivity index (χ4v) is 5.31. The van der Waals surface area contributed by atoms with Gasteiger partial charge in [-0.3, -0.25) is 0 Å². The average Bonchev–Trinajstić information content (AvgIpc) is 3.09. The molecular formula is C16H18N2O2S. The third kappa shape index (κ3) is 2.08. The second-order valence-corrected chi connectivity index (χ2v) is 7.79. The molecule has 0 unspecified atom stereocenters. The van der Waals surface area contributed by atoms with Gasteiger partial charge in [0.25, 0.3) is 0 Å². The van der Waals surface area contributed by atoms with Crippen molar-refractivity contribution < 1.29 is 8.42 Å². The van der Waals surface area contributed by atoms with Crippen LogP contribution in [0.3, 0.4) is 0 Å². The van der Waals surface area contributed by atoms with E-state index in [2.05, 4.69) is 5.32 Å². The van der Waals surface area contributed by atoms with Gasteiger partial charge in [0, 0.05) is 19.1 Å². The Kier molecular flexibility index (Phi) is 3.03. The SMILES string of the molecule is O=S(=O)(c1ccc2ccccc2c1)N1CC[C@H]2CNC[C@H]21. The molecule has 2 aliphatic heterocycles. The first-order valence-electron chi connectivity index (χ1n) is 7.38. The van der Waals surface area contributed by atoms with Crippen molar-refractivity contribution in [3.8, 4) is 0 Å². The summed E-state index contributed by atoms with van der Waals surface area (Å²) in [4.78, 5) is 0.411. The van der Waals surface area contributed by atoms with Crippen molar-refractivity contribution in [3.05, 3.63) is 42.5 Å². The lowest BCUT2D eigenvalue weighted by Crippen LogP contribution is -2.38. The van der Waals surface area contributed by atoms with E-state index in [9.17, 15) is 8.42 Å². The molecule has 21 heavy (non-hydrogen) atoms. The predicted octanol–water partition coefficient (Wildman–Crippen LogP) is 1.82. The van der Waals surface area contributed by atoms with Crippen molar-refractivity contribution in [2.24, 2.45) is 5.92 Å². The molecule has 4 rings (SSSR count). The fraction of sp³-hybridized carbons (Fsp3) is 0.375. The van der Waals surface area contributed by atoms with Gasteiger partial charge in [0.05, 0.1) is 4.90 Å². The molecule has 0 amide bonds. The molecule has 2 heterocycles. The van der Waals surface area contributed by atoms with Crippen molar-refractivity contribution in [1.29, 1.82) is 0 Å². The van der Waals surface area contributed by atoms with Crippen LogP contribution in [0.4, 0.5) is 0 Å². The quantitative estimate of drug-likeness (QED) is 0.920. The first kappa shape index (κ1) is 13.2. The van der Waals surface area contributed by atoms with Crippen LogP contribution in [0.1, 0.15) is 6.42 Å². The molecule has 110 valence electrons. The van der Waals surface area contributed by atoms with E-state index in [4.69, 9.17) is 0 Å². The standard InChI is InChI=1S/C16H18N2O2S/c19-21(20,18-8-7-14-10-17-11-16(14)18)15-6-5-12-3-1-2-4-13(12)9-15/h1-6,9,14,16-17H,7-8,10-11H2/t14-,16+/m0/s1. The lowest BCUT2D eigenvalue weighted by Gasteiger charge is -2.23. The third-order valence-electron chi connectivity index (χ3n) is 4.72. The molecule has 2 atom stereocenters. The summed E-state index contributed by atoms with van der Waals surface area (Å²) in [5, 5.41) is 5.34. The van der Waals surface area contributed by atoms with Crippen molar-refractivity contribution in [3.63, 3.8) is 0 Å². The van der Waals surface area contributed by atoms with Crippen LogP contribution < -0.4 is 5.32 Å². The summed E-state index contributed by atoms with van der Waals surface area (Å²) in [6, 6.07) is 13.4. The number of nitrogens with zero attached hydrogens (tertiary/aromatic N) is 1. The first-order chi connectivity index (χ1) is 10.2. The van der Waals surface area contributed by atoms with Crippen LogP contribution in [0.2, 0.25) is 0 Å². The van der Waals surface area contributed by atoms with Gasteiger partial charge in [-0.1, -0.05) is 30.3 Å². The zero-order valence-electron chi connectivity index (χ0n) is 11.7. The van der Waals surface area contributed by atoms with Crippen LogP contribution in [0.5, 0.6) is 0 Å². The van der Waals surface area contributed by atoms with E-state index in [0.29, 0.717) is 17.4 Å². The zero-order valence-corrected chi connectivity index (χ0v) is 12.5. The van der Waals surface area contributed by atoms with E-state index in [1.165, 1.54) is 0 Å². The summed E-state index contributed by atoms with van der Waals surface area (Å²) in [5.74, 6) is 0.472. The minimum Gasteiger partial charge on any atom is -0.315 e. The smallest absolute Gasteiger partial charge is 0.243 e. The molecule has 5 heteroatoms. The Balaban J connectivity index is 1.76. The molecule has 2 aromatic carbocycles. The molecule has 0 radical (unpaired) electrons. The molecule has 0 aliphatic carbocycles. The van der Waals surface area contributed by atoms with Gasteiger partial charge in [0.2, 0.25) is 10.0 Å². The molecule has 0 saturated carbocycles. The van der Waals surface area contributed by atoms with Gasteiger partial charge in [0.1, 0.15) is 0 Å². The Morgan fingerprint density at radius 1 is 1.05 bits per heavy atom. The Morgan fingerprint density at radius 2 is 1.86 bits per heavy atom. The van der Waals surface area contributed by atoms with Crippen LogP contribution >= 0.6 is 0 Å². The maximum Gasteiger partial charge on any atom is 0.243 e. The topological polar surface area (TPSA) is 49.4 Å². The first-order valence-corrected chi connectivity index (χ1v) is 8.82.